The molecule has 2 saturated carbocycles. The van der Waals surface area contributed by atoms with Crippen LogP contribution in [0.5, 0.6) is 5.75 Å². The Kier molecular flexibility index (Phi) is 2.58. The third kappa shape index (κ3) is 1.73. The van der Waals surface area contributed by atoms with Crippen LogP contribution >= 0.6 is 0 Å². The highest BCUT2D eigenvalue weighted by Crippen LogP contribution is 2.61. The molecule has 0 aromatic heterocycles. The van der Waals surface area contributed by atoms with Crippen LogP contribution in [-0.2, 0) is 0 Å². The van der Waals surface area contributed by atoms with E-state index >= 15 is 0 Å². The maximum Gasteiger partial charge on any atom is 0.165 e. The van der Waals surface area contributed by atoms with Gasteiger partial charge in [0.05, 0.1) is 7.11 Å². The minimum atomic E-state index is -0.314. The molecule has 3 unspecified atom stereocenters. The van der Waals surface area contributed by atoms with Gasteiger partial charge in [-0.2, -0.15) is 0 Å². The fraction of sp³-hybridized carbons (Fsp3) is 0.571. The van der Waals surface area contributed by atoms with Crippen molar-refractivity contribution in [3.8, 4) is 5.75 Å². The number of halogens is 1. The summed E-state index contributed by atoms with van der Waals surface area (Å²) < 4.78 is 18.5. The number of ether oxygens (including phenoxy) is 1. The zero-order valence-electron chi connectivity index (χ0n) is 10.0. The first-order chi connectivity index (χ1) is 8.22. The molecule has 0 amide bonds. The molecule has 2 nitrogen and oxygen atoms in total. The molecule has 0 heterocycles. The quantitative estimate of drug-likeness (QED) is 0.874. The van der Waals surface area contributed by atoms with E-state index in [-0.39, 0.29) is 17.6 Å². The average molecular weight is 235 g/mol. The van der Waals surface area contributed by atoms with Crippen molar-refractivity contribution in [2.45, 2.75) is 25.3 Å². The van der Waals surface area contributed by atoms with Gasteiger partial charge in [0, 0.05) is 6.04 Å². The molecule has 0 saturated heterocycles. The van der Waals surface area contributed by atoms with Gasteiger partial charge in [-0.3, -0.25) is 0 Å². The molecule has 3 heteroatoms. The van der Waals surface area contributed by atoms with Crippen LogP contribution < -0.4 is 10.5 Å². The van der Waals surface area contributed by atoms with Gasteiger partial charge in [0.25, 0.3) is 0 Å². The van der Waals surface area contributed by atoms with E-state index in [1.165, 1.54) is 32.4 Å². The van der Waals surface area contributed by atoms with Crippen LogP contribution in [0.2, 0.25) is 0 Å². The van der Waals surface area contributed by atoms with E-state index < -0.39 is 0 Å². The van der Waals surface area contributed by atoms with Gasteiger partial charge in [-0.25, -0.2) is 4.39 Å². The van der Waals surface area contributed by atoms with E-state index in [0.717, 1.165) is 17.4 Å². The highest BCUT2D eigenvalue weighted by atomic mass is 19.1. The van der Waals surface area contributed by atoms with Crippen molar-refractivity contribution in [1.29, 1.82) is 0 Å². The maximum absolute atomic E-state index is 13.6. The second-order valence-corrected chi connectivity index (χ2v) is 5.26. The van der Waals surface area contributed by atoms with Crippen molar-refractivity contribution >= 4 is 0 Å². The standard InChI is InChI=1S/C14H18FNO/c1-17-12-6-5-8(7-11(12)15)14(16)13-9-3-2-4-10(9)13/h5-7,9-10,13-14H,2-4,16H2,1H3. The van der Waals surface area contributed by atoms with Crippen LogP contribution in [0.3, 0.4) is 0 Å². The number of hydrogen-bond acceptors (Lipinski definition) is 2. The molecule has 1 aromatic carbocycles. The summed E-state index contributed by atoms with van der Waals surface area (Å²) in [7, 11) is 1.48. The molecular formula is C14H18FNO. The minimum absolute atomic E-state index is 0.00861. The number of benzene rings is 1. The van der Waals surface area contributed by atoms with Gasteiger partial charge in [0.2, 0.25) is 0 Å². The van der Waals surface area contributed by atoms with Gasteiger partial charge < -0.3 is 10.5 Å². The predicted molar refractivity (Wildman–Crippen MR) is 64.2 cm³/mol. The van der Waals surface area contributed by atoms with Gasteiger partial charge in [0.15, 0.2) is 11.6 Å². The molecule has 2 fully saturated rings. The first kappa shape index (κ1) is 11.0. The monoisotopic (exact) mass is 235 g/mol. The van der Waals surface area contributed by atoms with Crippen LogP contribution in [0.25, 0.3) is 0 Å². The van der Waals surface area contributed by atoms with Crippen LogP contribution in [-0.4, -0.2) is 7.11 Å². The summed E-state index contributed by atoms with van der Waals surface area (Å²) in [4.78, 5) is 0. The lowest BCUT2D eigenvalue weighted by atomic mass is 9.97. The Labute approximate surface area is 101 Å². The molecule has 3 rings (SSSR count). The Bertz CT molecular complexity index is 424. The van der Waals surface area contributed by atoms with Gasteiger partial charge in [-0.05, 0) is 48.3 Å². The normalized spacial score (nSPS) is 32.1. The predicted octanol–water partition coefficient (Wildman–Crippen LogP) is 2.88. The molecule has 92 valence electrons. The van der Waals surface area contributed by atoms with Crippen LogP contribution in [0, 0.1) is 23.6 Å². The minimum Gasteiger partial charge on any atom is -0.494 e. The summed E-state index contributed by atoms with van der Waals surface area (Å²) in [6.07, 6.45) is 3.96. The van der Waals surface area contributed by atoms with E-state index in [1.807, 2.05) is 6.07 Å². The van der Waals surface area contributed by atoms with Crippen molar-refractivity contribution in [2.75, 3.05) is 7.11 Å². The lowest BCUT2D eigenvalue weighted by Crippen LogP contribution is -2.15. The summed E-state index contributed by atoms with van der Waals surface area (Å²) in [5.74, 6) is 2.16. The zero-order chi connectivity index (χ0) is 12.0. The average Bonchev–Trinajstić information content (AvgIpc) is 2.81. The lowest BCUT2D eigenvalue weighted by molar-refractivity contribution is 0.385. The van der Waals surface area contributed by atoms with Gasteiger partial charge in [-0.15, -0.1) is 0 Å². The van der Waals surface area contributed by atoms with Crippen molar-refractivity contribution in [2.24, 2.45) is 23.5 Å². The molecule has 17 heavy (non-hydrogen) atoms. The number of hydrogen-bond donors (Lipinski definition) is 1. The third-order valence-electron chi connectivity index (χ3n) is 4.45. The Balaban J connectivity index is 1.78. The molecule has 0 bridgehead atoms. The highest BCUT2D eigenvalue weighted by Gasteiger charge is 2.55. The molecule has 2 aliphatic rings. The fourth-order valence-corrected chi connectivity index (χ4v) is 3.52. The van der Waals surface area contributed by atoms with Gasteiger partial charge >= 0.3 is 0 Å². The zero-order valence-corrected chi connectivity index (χ0v) is 10.0. The number of nitrogens with two attached hydrogens (primary N) is 1. The molecule has 3 atom stereocenters. The maximum atomic E-state index is 13.6. The Morgan fingerprint density at radius 2 is 2.06 bits per heavy atom. The molecule has 0 aliphatic heterocycles. The summed E-state index contributed by atoms with van der Waals surface area (Å²) >= 11 is 0. The fourth-order valence-electron chi connectivity index (χ4n) is 3.52. The summed E-state index contributed by atoms with van der Waals surface area (Å²) in [6, 6.07) is 5.08. The summed E-state index contributed by atoms with van der Waals surface area (Å²) in [6.45, 7) is 0. The third-order valence-corrected chi connectivity index (χ3v) is 4.45. The molecular weight excluding hydrogens is 217 g/mol. The van der Waals surface area contributed by atoms with E-state index in [1.54, 1.807) is 6.07 Å². The van der Waals surface area contributed by atoms with Crippen LogP contribution in [0.15, 0.2) is 18.2 Å². The number of rotatable bonds is 3. The van der Waals surface area contributed by atoms with Crippen LogP contribution in [0.1, 0.15) is 30.9 Å². The Morgan fingerprint density at radius 3 is 2.65 bits per heavy atom. The first-order valence-electron chi connectivity index (χ1n) is 6.31. The van der Waals surface area contributed by atoms with E-state index in [4.69, 9.17) is 10.5 Å². The van der Waals surface area contributed by atoms with E-state index in [2.05, 4.69) is 0 Å². The Morgan fingerprint density at radius 1 is 1.35 bits per heavy atom. The lowest BCUT2D eigenvalue weighted by Gasteiger charge is -2.15. The molecule has 2 N–H and O–H groups in total. The SMILES string of the molecule is COc1ccc(C(N)C2C3CCCC32)cc1F. The van der Waals surface area contributed by atoms with E-state index in [9.17, 15) is 4.39 Å². The number of methoxy groups -OCH3 is 1. The van der Waals surface area contributed by atoms with Gasteiger partial charge in [0.1, 0.15) is 0 Å². The van der Waals surface area contributed by atoms with Crippen molar-refractivity contribution in [3.63, 3.8) is 0 Å². The first-order valence-corrected chi connectivity index (χ1v) is 6.31. The molecule has 2 aliphatic carbocycles. The largest absolute Gasteiger partial charge is 0.494 e. The molecule has 1 aromatic rings. The van der Waals surface area contributed by atoms with E-state index in [0.29, 0.717) is 5.92 Å². The summed E-state index contributed by atoms with van der Waals surface area (Å²) in [5, 5.41) is 0. The highest BCUT2D eigenvalue weighted by molar-refractivity contribution is 5.32. The Hall–Kier alpha value is -1.09. The summed E-state index contributed by atoms with van der Waals surface area (Å²) in [5.41, 5.74) is 7.15. The van der Waals surface area contributed by atoms with Crippen molar-refractivity contribution < 1.29 is 9.13 Å². The van der Waals surface area contributed by atoms with Gasteiger partial charge in [-0.1, -0.05) is 12.5 Å². The van der Waals surface area contributed by atoms with Crippen molar-refractivity contribution in [1.82, 2.24) is 0 Å². The van der Waals surface area contributed by atoms with Crippen molar-refractivity contribution in [3.05, 3.63) is 29.6 Å². The smallest absolute Gasteiger partial charge is 0.165 e. The number of fused-ring (bicyclic) bond motifs is 1. The van der Waals surface area contributed by atoms with Crippen LogP contribution in [0.4, 0.5) is 4.39 Å². The molecule has 0 spiro atoms. The topological polar surface area (TPSA) is 35.2 Å². The second kappa shape index (κ2) is 3.98. The second-order valence-electron chi connectivity index (χ2n) is 5.26. The molecule has 0 radical (unpaired) electrons.